The van der Waals surface area contributed by atoms with Gasteiger partial charge in [-0.3, -0.25) is 4.90 Å². The highest BCUT2D eigenvalue weighted by molar-refractivity contribution is 6.09. The van der Waals surface area contributed by atoms with E-state index in [9.17, 15) is 5.11 Å². The third-order valence-electron chi connectivity index (χ3n) is 9.75. The molecule has 1 atom stereocenters. The van der Waals surface area contributed by atoms with Crippen LogP contribution in [0.1, 0.15) is 37.9 Å². The highest BCUT2D eigenvalue weighted by Gasteiger charge is 2.28. The first-order valence-electron chi connectivity index (χ1n) is 17.1. The molecule has 0 amide bonds. The van der Waals surface area contributed by atoms with Crippen molar-refractivity contribution < 1.29 is 5.11 Å². The molecule has 0 bridgehead atoms. The minimum atomic E-state index is -0.0805. The molecule has 246 valence electrons. The van der Waals surface area contributed by atoms with Crippen molar-refractivity contribution in [3.05, 3.63) is 175 Å². The number of aromatic nitrogens is 2. The maximum atomic E-state index is 10.8. The first-order chi connectivity index (χ1) is 24.3. The van der Waals surface area contributed by atoms with Crippen LogP contribution in [0.5, 0.6) is 5.75 Å². The lowest BCUT2D eigenvalue weighted by atomic mass is 9.83. The van der Waals surface area contributed by atoms with Gasteiger partial charge in [-0.15, -0.1) is 0 Å². The summed E-state index contributed by atoms with van der Waals surface area (Å²) in [6.45, 7) is 6.70. The summed E-state index contributed by atoms with van der Waals surface area (Å²) in [5.41, 5.74) is 8.62. The van der Waals surface area contributed by atoms with Crippen LogP contribution in [0.2, 0.25) is 0 Å². The van der Waals surface area contributed by atoms with Crippen LogP contribution in [-0.4, -0.2) is 26.6 Å². The zero-order valence-corrected chi connectivity index (χ0v) is 28.8. The molecular formula is C45H40N4O. The van der Waals surface area contributed by atoms with E-state index in [0.29, 0.717) is 0 Å². The summed E-state index contributed by atoms with van der Waals surface area (Å²) in [6, 6.07) is 46.3. The molecule has 0 aliphatic carbocycles. The van der Waals surface area contributed by atoms with Crippen molar-refractivity contribution in [2.75, 3.05) is 11.9 Å². The van der Waals surface area contributed by atoms with Gasteiger partial charge in [0, 0.05) is 41.0 Å². The number of hydrogen-bond acceptors (Lipinski definition) is 4. The van der Waals surface area contributed by atoms with Crippen LogP contribution in [0.4, 0.5) is 11.5 Å². The van der Waals surface area contributed by atoms with Crippen LogP contribution in [-0.2, 0) is 5.41 Å². The van der Waals surface area contributed by atoms with Crippen molar-refractivity contribution in [1.82, 2.24) is 14.5 Å². The Hall–Kier alpha value is -6.07. The van der Waals surface area contributed by atoms with Gasteiger partial charge < -0.3 is 14.6 Å². The second-order valence-corrected chi connectivity index (χ2v) is 14.0. The zero-order valence-electron chi connectivity index (χ0n) is 28.8. The topological polar surface area (TPSA) is 44.5 Å². The Labute approximate surface area is 293 Å². The number of benzene rings is 5. The van der Waals surface area contributed by atoms with E-state index in [-0.39, 0.29) is 17.2 Å². The van der Waals surface area contributed by atoms with Gasteiger partial charge in [0.05, 0.1) is 17.1 Å². The molecule has 8 rings (SSSR count). The lowest BCUT2D eigenvalue weighted by Crippen LogP contribution is -2.34. The van der Waals surface area contributed by atoms with Gasteiger partial charge in [0.1, 0.15) is 17.4 Å². The highest BCUT2D eigenvalue weighted by Crippen LogP contribution is 2.41. The van der Waals surface area contributed by atoms with Crippen molar-refractivity contribution in [1.29, 1.82) is 0 Å². The molecule has 5 heteroatoms. The maximum absolute atomic E-state index is 10.8. The number of para-hydroxylation sites is 3. The number of hydrogen-bond donors (Lipinski definition) is 1. The molecule has 0 fully saturated rings. The smallest absolute Gasteiger partial charge is 0.138 e. The second kappa shape index (κ2) is 12.4. The molecule has 50 heavy (non-hydrogen) atoms. The van der Waals surface area contributed by atoms with Crippen molar-refractivity contribution in [3.63, 3.8) is 0 Å². The summed E-state index contributed by atoms with van der Waals surface area (Å²) in [5.74, 6) is 2.12. The fraction of sp³-hybridized carbons (Fsp3) is 0.133. The SMILES string of the molecule is CN1C(N(c2ccc(-n3c4ccccc4c4ccccc43)cc2)c2ccccn2)=CC=CC1c1cc(-c2ccccc2O)cc(C(C)(C)C)c1. The Balaban J connectivity index is 1.20. The fourth-order valence-corrected chi connectivity index (χ4v) is 7.15. The number of aromatic hydroxyl groups is 1. The molecule has 1 N–H and O–H groups in total. The number of rotatable bonds is 6. The Bertz CT molecular complexity index is 2340. The van der Waals surface area contributed by atoms with E-state index in [1.165, 1.54) is 27.4 Å². The molecule has 0 saturated heterocycles. The molecule has 0 radical (unpaired) electrons. The van der Waals surface area contributed by atoms with Crippen molar-refractivity contribution >= 4 is 33.3 Å². The molecule has 7 aromatic rings. The third-order valence-corrected chi connectivity index (χ3v) is 9.75. The van der Waals surface area contributed by atoms with Gasteiger partial charge in [-0.05, 0) is 88.8 Å². The van der Waals surface area contributed by atoms with Crippen molar-refractivity contribution in [2.45, 2.75) is 32.2 Å². The largest absolute Gasteiger partial charge is 0.507 e. The number of phenols is 1. The monoisotopic (exact) mass is 652 g/mol. The number of allylic oxidation sites excluding steroid dienone is 2. The van der Waals surface area contributed by atoms with Crippen LogP contribution in [0.25, 0.3) is 38.6 Å². The van der Waals surface area contributed by atoms with Gasteiger partial charge in [-0.25, -0.2) is 4.98 Å². The zero-order chi connectivity index (χ0) is 34.4. The molecule has 3 heterocycles. The van der Waals surface area contributed by atoms with Gasteiger partial charge in [-0.2, -0.15) is 0 Å². The van der Waals surface area contributed by atoms with Gasteiger partial charge >= 0.3 is 0 Å². The Morgan fingerprint density at radius 3 is 2.04 bits per heavy atom. The summed E-state index contributed by atoms with van der Waals surface area (Å²) >= 11 is 0. The minimum absolute atomic E-state index is 0.0509. The molecule has 2 aromatic heterocycles. The van der Waals surface area contributed by atoms with E-state index >= 15 is 0 Å². The molecule has 1 aliphatic rings. The summed E-state index contributed by atoms with van der Waals surface area (Å²) < 4.78 is 2.34. The van der Waals surface area contributed by atoms with Crippen LogP contribution in [0.3, 0.4) is 0 Å². The van der Waals surface area contributed by atoms with E-state index in [1.807, 2.05) is 36.5 Å². The quantitative estimate of drug-likeness (QED) is 0.194. The fourth-order valence-electron chi connectivity index (χ4n) is 7.15. The third kappa shape index (κ3) is 5.51. The Kier molecular flexibility index (Phi) is 7.76. The normalized spacial score (nSPS) is 14.7. The van der Waals surface area contributed by atoms with E-state index in [0.717, 1.165) is 39.7 Å². The standard InChI is InChI=1S/C45H40N4O/c1-45(2,3)33-29-31(36-14-7-10-20-42(36)50)28-32(30-33)39-19-13-22-44(47(39)4)49(43-21-11-12-27-46-43)35-25-23-34(24-26-35)48-40-17-8-5-15-37(40)38-16-6-9-18-41(38)48/h5-30,39,50H,1-4H3. The van der Waals surface area contributed by atoms with Crippen LogP contribution >= 0.6 is 0 Å². The predicted molar refractivity (Wildman–Crippen MR) is 207 cm³/mol. The van der Waals surface area contributed by atoms with Crippen LogP contribution in [0.15, 0.2) is 164 Å². The average Bonchev–Trinajstić information content (AvgIpc) is 3.47. The predicted octanol–water partition coefficient (Wildman–Crippen LogP) is 11.1. The van der Waals surface area contributed by atoms with Gasteiger partial charge in [0.15, 0.2) is 0 Å². The molecule has 1 unspecified atom stereocenters. The van der Waals surface area contributed by atoms with Gasteiger partial charge in [0.25, 0.3) is 0 Å². The first kappa shape index (κ1) is 31.2. The molecular weight excluding hydrogens is 613 g/mol. The number of anilines is 2. The molecule has 1 aliphatic heterocycles. The molecule has 0 spiro atoms. The Morgan fingerprint density at radius 1 is 0.720 bits per heavy atom. The number of pyridine rings is 1. The van der Waals surface area contributed by atoms with Crippen molar-refractivity contribution in [2.24, 2.45) is 0 Å². The number of likely N-dealkylation sites (N-methyl/N-ethyl adjacent to an activating group) is 1. The lowest BCUT2D eigenvalue weighted by molar-refractivity contribution is 0.349. The second-order valence-electron chi connectivity index (χ2n) is 14.0. The van der Waals surface area contributed by atoms with Gasteiger partial charge in [0.2, 0.25) is 0 Å². The minimum Gasteiger partial charge on any atom is -0.507 e. The molecule has 5 aromatic carbocycles. The van der Waals surface area contributed by atoms with E-state index in [1.54, 1.807) is 6.07 Å². The summed E-state index contributed by atoms with van der Waals surface area (Å²) in [4.78, 5) is 9.37. The Morgan fingerprint density at radius 2 is 1.38 bits per heavy atom. The average molecular weight is 653 g/mol. The number of fused-ring (bicyclic) bond motifs is 3. The van der Waals surface area contributed by atoms with E-state index in [2.05, 4.69) is 157 Å². The lowest BCUT2D eigenvalue weighted by Gasteiger charge is -2.39. The van der Waals surface area contributed by atoms with Crippen LogP contribution < -0.4 is 4.90 Å². The van der Waals surface area contributed by atoms with E-state index < -0.39 is 0 Å². The molecule has 0 saturated carbocycles. The first-order valence-corrected chi connectivity index (χ1v) is 17.1. The summed E-state index contributed by atoms with van der Waals surface area (Å²) in [6.07, 6.45) is 8.38. The van der Waals surface area contributed by atoms with Crippen molar-refractivity contribution in [3.8, 4) is 22.6 Å². The maximum Gasteiger partial charge on any atom is 0.138 e. The number of phenolic OH excluding ortho intramolecular Hbond substituents is 1. The summed E-state index contributed by atoms with van der Waals surface area (Å²) in [5, 5.41) is 13.3. The van der Waals surface area contributed by atoms with Gasteiger partial charge in [-0.1, -0.05) is 106 Å². The van der Waals surface area contributed by atoms with E-state index in [4.69, 9.17) is 4.98 Å². The van der Waals surface area contributed by atoms with Crippen LogP contribution in [0, 0.1) is 0 Å². The summed E-state index contributed by atoms with van der Waals surface area (Å²) in [7, 11) is 2.14. The number of nitrogens with zero attached hydrogens (tertiary/aromatic N) is 4. The molecule has 5 nitrogen and oxygen atoms in total. The highest BCUT2D eigenvalue weighted by atomic mass is 16.3.